The minimum Gasteiger partial charge on any atom is -0.445 e. The Morgan fingerprint density at radius 3 is 2.69 bits per heavy atom. The fourth-order valence-corrected chi connectivity index (χ4v) is 1.65. The van der Waals surface area contributed by atoms with E-state index < -0.39 is 0 Å². The molecule has 0 unspecified atom stereocenters. The normalized spacial score (nSPS) is 15.7. The van der Waals surface area contributed by atoms with Gasteiger partial charge in [0.15, 0.2) is 0 Å². The first-order valence-corrected chi connectivity index (χ1v) is 5.36. The van der Waals surface area contributed by atoms with Crippen LogP contribution in [0.25, 0.3) is 0 Å². The number of aliphatic hydroxyl groups excluding tert-OH is 1. The number of carbonyl (C=O) groups is 1. The second-order valence-electron chi connectivity index (χ2n) is 3.99. The fourth-order valence-electron chi connectivity index (χ4n) is 1.65. The lowest BCUT2D eigenvalue weighted by Crippen LogP contribution is -2.51. The van der Waals surface area contributed by atoms with E-state index >= 15 is 0 Å². The highest BCUT2D eigenvalue weighted by Gasteiger charge is 2.30. The van der Waals surface area contributed by atoms with Crippen LogP contribution in [0.1, 0.15) is 5.56 Å². The van der Waals surface area contributed by atoms with Crippen molar-refractivity contribution in [3.05, 3.63) is 35.9 Å². The van der Waals surface area contributed by atoms with Crippen LogP contribution in [0.3, 0.4) is 0 Å². The Morgan fingerprint density at radius 1 is 1.38 bits per heavy atom. The van der Waals surface area contributed by atoms with E-state index in [4.69, 9.17) is 9.84 Å². The van der Waals surface area contributed by atoms with Crippen LogP contribution in [0.2, 0.25) is 0 Å². The van der Waals surface area contributed by atoms with Gasteiger partial charge in [-0.05, 0) is 5.56 Å². The minimum atomic E-state index is -0.298. The third kappa shape index (κ3) is 2.52. The summed E-state index contributed by atoms with van der Waals surface area (Å²) < 4.78 is 5.13. The quantitative estimate of drug-likeness (QED) is 0.835. The van der Waals surface area contributed by atoms with Gasteiger partial charge in [0.25, 0.3) is 0 Å². The van der Waals surface area contributed by atoms with Gasteiger partial charge in [0.1, 0.15) is 6.61 Å². The first-order chi connectivity index (χ1) is 7.79. The zero-order valence-electron chi connectivity index (χ0n) is 9.00. The highest BCUT2D eigenvalue weighted by atomic mass is 16.6. The summed E-state index contributed by atoms with van der Waals surface area (Å²) in [6.45, 7) is 1.65. The molecule has 86 valence electrons. The van der Waals surface area contributed by atoms with Gasteiger partial charge in [0.2, 0.25) is 0 Å². The summed E-state index contributed by atoms with van der Waals surface area (Å²) in [6, 6.07) is 9.58. The molecule has 0 aromatic heterocycles. The van der Waals surface area contributed by atoms with Gasteiger partial charge in [-0.15, -0.1) is 0 Å². The zero-order chi connectivity index (χ0) is 11.4. The maximum atomic E-state index is 11.5. The van der Waals surface area contributed by atoms with Crippen molar-refractivity contribution in [3.8, 4) is 0 Å². The van der Waals surface area contributed by atoms with Crippen LogP contribution in [-0.4, -0.2) is 35.8 Å². The maximum absolute atomic E-state index is 11.5. The topological polar surface area (TPSA) is 49.8 Å². The molecule has 1 saturated heterocycles. The Labute approximate surface area is 94.4 Å². The van der Waals surface area contributed by atoms with E-state index in [2.05, 4.69) is 0 Å². The monoisotopic (exact) mass is 221 g/mol. The average molecular weight is 221 g/mol. The molecular formula is C12H15NO3. The molecule has 16 heavy (non-hydrogen) atoms. The predicted molar refractivity (Wildman–Crippen MR) is 58.8 cm³/mol. The van der Waals surface area contributed by atoms with E-state index in [1.165, 1.54) is 0 Å². The highest BCUT2D eigenvalue weighted by molar-refractivity contribution is 5.68. The smallest absolute Gasteiger partial charge is 0.410 e. The number of carbonyl (C=O) groups excluding carboxylic acids is 1. The van der Waals surface area contributed by atoms with Gasteiger partial charge in [-0.1, -0.05) is 30.3 Å². The zero-order valence-corrected chi connectivity index (χ0v) is 9.00. The summed E-state index contributed by atoms with van der Waals surface area (Å²) in [6.07, 6.45) is -0.298. The van der Waals surface area contributed by atoms with Crippen molar-refractivity contribution in [1.29, 1.82) is 0 Å². The van der Waals surface area contributed by atoms with E-state index in [0.717, 1.165) is 5.56 Å². The van der Waals surface area contributed by atoms with Crippen molar-refractivity contribution < 1.29 is 14.6 Å². The minimum absolute atomic E-state index is 0.141. The standard InChI is InChI=1S/C12H15NO3/c14-8-11-6-13(7-11)12(15)16-9-10-4-2-1-3-5-10/h1-5,11,14H,6-9H2. The number of likely N-dealkylation sites (tertiary alicyclic amines) is 1. The van der Waals surface area contributed by atoms with E-state index in [-0.39, 0.29) is 18.6 Å². The Morgan fingerprint density at radius 2 is 2.06 bits per heavy atom. The molecule has 0 saturated carbocycles. The summed E-state index contributed by atoms with van der Waals surface area (Å²) in [7, 11) is 0. The fraction of sp³-hybridized carbons (Fsp3) is 0.417. The number of rotatable bonds is 3. The number of nitrogens with zero attached hydrogens (tertiary/aromatic N) is 1. The molecule has 0 bridgehead atoms. The van der Waals surface area contributed by atoms with E-state index in [0.29, 0.717) is 19.7 Å². The van der Waals surface area contributed by atoms with Crippen molar-refractivity contribution in [2.24, 2.45) is 5.92 Å². The molecule has 1 fully saturated rings. The van der Waals surface area contributed by atoms with Gasteiger partial charge < -0.3 is 14.7 Å². The van der Waals surface area contributed by atoms with Gasteiger partial charge in [-0.25, -0.2) is 4.79 Å². The molecule has 1 aromatic rings. The lowest BCUT2D eigenvalue weighted by atomic mass is 10.0. The third-order valence-electron chi connectivity index (χ3n) is 2.68. The number of benzene rings is 1. The van der Waals surface area contributed by atoms with Crippen LogP contribution in [0.5, 0.6) is 0 Å². The largest absolute Gasteiger partial charge is 0.445 e. The molecule has 4 heteroatoms. The molecule has 1 heterocycles. The molecule has 1 amide bonds. The molecule has 0 aliphatic carbocycles. The summed E-state index contributed by atoms with van der Waals surface area (Å²) in [5.41, 5.74) is 0.982. The Bertz CT molecular complexity index is 347. The molecule has 0 spiro atoms. The lowest BCUT2D eigenvalue weighted by molar-refractivity contribution is 0.0302. The summed E-state index contributed by atoms with van der Waals surface area (Å²) >= 11 is 0. The second-order valence-corrected chi connectivity index (χ2v) is 3.99. The first-order valence-electron chi connectivity index (χ1n) is 5.36. The number of aliphatic hydroxyl groups is 1. The highest BCUT2D eigenvalue weighted by Crippen LogP contribution is 2.16. The first kappa shape index (κ1) is 11.0. The van der Waals surface area contributed by atoms with Crippen molar-refractivity contribution in [1.82, 2.24) is 4.90 Å². The average Bonchev–Trinajstić information content (AvgIpc) is 2.26. The van der Waals surface area contributed by atoms with Crippen molar-refractivity contribution >= 4 is 6.09 Å². The number of amides is 1. The molecule has 0 radical (unpaired) electrons. The third-order valence-corrected chi connectivity index (χ3v) is 2.68. The molecule has 1 aliphatic rings. The van der Waals surface area contributed by atoms with E-state index in [9.17, 15) is 4.79 Å². The molecule has 2 rings (SSSR count). The van der Waals surface area contributed by atoms with E-state index in [1.54, 1.807) is 4.90 Å². The van der Waals surface area contributed by atoms with Crippen LogP contribution in [-0.2, 0) is 11.3 Å². The second kappa shape index (κ2) is 4.99. The number of ether oxygens (including phenoxy) is 1. The molecule has 0 atom stereocenters. The predicted octanol–water partition coefficient (Wildman–Crippen LogP) is 1.25. The van der Waals surface area contributed by atoms with Crippen molar-refractivity contribution in [2.75, 3.05) is 19.7 Å². The van der Waals surface area contributed by atoms with Crippen LogP contribution in [0, 0.1) is 5.92 Å². The van der Waals surface area contributed by atoms with Crippen LogP contribution in [0.4, 0.5) is 4.79 Å². The van der Waals surface area contributed by atoms with Gasteiger partial charge in [0, 0.05) is 25.6 Å². The van der Waals surface area contributed by atoms with Gasteiger partial charge in [0.05, 0.1) is 0 Å². The maximum Gasteiger partial charge on any atom is 0.410 e. The Balaban J connectivity index is 1.73. The lowest BCUT2D eigenvalue weighted by Gasteiger charge is -2.37. The van der Waals surface area contributed by atoms with Crippen LogP contribution >= 0.6 is 0 Å². The summed E-state index contributed by atoms with van der Waals surface area (Å²) in [4.78, 5) is 13.1. The van der Waals surface area contributed by atoms with Gasteiger partial charge in [-0.2, -0.15) is 0 Å². The SMILES string of the molecule is O=C(OCc1ccccc1)N1CC(CO)C1. The molecular weight excluding hydrogens is 206 g/mol. The number of hydrogen-bond acceptors (Lipinski definition) is 3. The van der Waals surface area contributed by atoms with Crippen LogP contribution < -0.4 is 0 Å². The van der Waals surface area contributed by atoms with E-state index in [1.807, 2.05) is 30.3 Å². The van der Waals surface area contributed by atoms with Gasteiger partial charge >= 0.3 is 6.09 Å². The Hall–Kier alpha value is -1.55. The molecule has 1 N–H and O–H groups in total. The van der Waals surface area contributed by atoms with Crippen molar-refractivity contribution in [2.45, 2.75) is 6.61 Å². The van der Waals surface area contributed by atoms with Crippen molar-refractivity contribution in [3.63, 3.8) is 0 Å². The van der Waals surface area contributed by atoms with Crippen LogP contribution in [0.15, 0.2) is 30.3 Å². The van der Waals surface area contributed by atoms with Gasteiger partial charge in [-0.3, -0.25) is 0 Å². The summed E-state index contributed by atoms with van der Waals surface area (Å²) in [5.74, 6) is 0.226. The molecule has 4 nitrogen and oxygen atoms in total. The molecule has 1 aliphatic heterocycles. The number of hydrogen-bond donors (Lipinski definition) is 1. The summed E-state index contributed by atoms with van der Waals surface area (Å²) in [5, 5.41) is 8.81. The Kier molecular flexibility index (Phi) is 3.41. The molecule has 1 aromatic carbocycles.